The molecule has 0 fully saturated rings. The lowest BCUT2D eigenvalue weighted by Crippen LogP contribution is -2.15. The van der Waals surface area contributed by atoms with Gasteiger partial charge in [-0.25, -0.2) is 13.6 Å². The number of hydrogen-bond acceptors (Lipinski definition) is 5. The van der Waals surface area contributed by atoms with Crippen molar-refractivity contribution in [1.29, 1.82) is 0 Å². The van der Waals surface area contributed by atoms with Gasteiger partial charge in [0.25, 0.3) is 5.91 Å². The number of hydrogen-bond donors (Lipinski definition) is 2. The molecular formula is C17H15N3O4S. The standard InChI is InChI=1S/C17H15N3O4S/c1-11-7-8-13(9-16(11)25(18,22)23)19-17(21)15-10-14(20-24-15)12-5-3-2-4-6-12/h2-10H,1H3,(H,19,21)(H2,18,22,23). The van der Waals surface area contributed by atoms with Gasteiger partial charge in [0.1, 0.15) is 5.69 Å². The number of nitrogens with one attached hydrogen (secondary N) is 1. The van der Waals surface area contributed by atoms with E-state index in [0.29, 0.717) is 11.3 Å². The van der Waals surface area contributed by atoms with Gasteiger partial charge in [-0.3, -0.25) is 4.79 Å². The van der Waals surface area contributed by atoms with Gasteiger partial charge in [0.2, 0.25) is 15.8 Å². The molecule has 0 aliphatic carbocycles. The van der Waals surface area contributed by atoms with Crippen molar-refractivity contribution in [2.45, 2.75) is 11.8 Å². The number of nitrogens with two attached hydrogens (primary N) is 1. The predicted molar refractivity (Wildman–Crippen MR) is 92.4 cm³/mol. The highest BCUT2D eigenvalue weighted by molar-refractivity contribution is 7.89. The summed E-state index contributed by atoms with van der Waals surface area (Å²) < 4.78 is 28.2. The van der Waals surface area contributed by atoms with Gasteiger partial charge in [-0.2, -0.15) is 0 Å². The van der Waals surface area contributed by atoms with Crippen molar-refractivity contribution in [3.05, 3.63) is 65.9 Å². The minimum Gasteiger partial charge on any atom is -0.350 e. The number of aromatic nitrogens is 1. The van der Waals surface area contributed by atoms with E-state index in [1.54, 1.807) is 19.1 Å². The molecule has 0 spiro atoms. The molecule has 3 rings (SSSR count). The molecule has 0 saturated heterocycles. The minimum atomic E-state index is -3.88. The Hall–Kier alpha value is -2.97. The maximum Gasteiger partial charge on any atom is 0.294 e. The molecule has 25 heavy (non-hydrogen) atoms. The number of sulfonamides is 1. The van der Waals surface area contributed by atoms with Crippen molar-refractivity contribution in [1.82, 2.24) is 5.16 Å². The highest BCUT2D eigenvalue weighted by Crippen LogP contribution is 2.21. The number of benzene rings is 2. The van der Waals surface area contributed by atoms with Crippen LogP contribution in [-0.4, -0.2) is 19.5 Å². The van der Waals surface area contributed by atoms with Crippen LogP contribution >= 0.6 is 0 Å². The topological polar surface area (TPSA) is 115 Å². The molecule has 1 aromatic heterocycles. The number of amides is 1. The third-order valence-corrected chi connectivity index (χ3v) is 4.61. The van der Waals surface area contributed by atoms with E-state index >= 15 is 0 Å². The first-order valence-corrected chi connectivity index (χ1v) is 8.86. The molecule has 8 heteroatoms. The number of anilines is 1. The lowest BCUT2D eigenvalue weighted by Gasteiger charge is -2.07. The SMILES string of the molecule is Cc1ccc(NC(=O)c2cc(-c3ccccc3)no2)cc1S(N)(=O)=O. The van der Waals surface area contributed by atoms with E-state index in [1.165, 1.54) is 12.1 Å². The van der Waals surface area contributed by atoms with Crippen molar-refractivity contribution >= 4 is 21.6 Å². The molecule has 0 unspecified atom stereocenters. The molecule has 0 saturated carbocycles. The first kappa shape index (κ1) is 16.9. The fourth-order valence-electron chi connectivity index (χ4n) is 2.30. The zero-order valence-corrected chi connectivity index (χ0v) is 14.1. The van der Waals surface area contributed by atoms with Gasteiger partial charge in [-0.1, -0.05) is 41.6 Å². The highest BCUT2D eigenvalue weighted by Gasteiger charge is 2.17. The molecular weight excluding hydrogens is 342 g/mol. The van der Waals surface area contributed by atoms with Crippen LogP contribution in [0.15, 0.2) is 64.0 Å². The van der Waals surface area contributed by atoms with Crippen molar-refractivity contribution in [2.24, 2.45) is 5.14 Å². The van der Waals surface area contributed by atoms with E-state index < -0.39 is 15.9 Å². The Balaban J connectivity index is 1.83. The largest absolute Gasteiger partial charge is 0.350 e. The van der Waals surface area contributed by atoms with E-state index in [9.17, 15) is 13.2 Å². The smallest absolute Gasteiger partial charge is 0.294 e. The fourth-order valence-corrected chi connectivity index (χ4v) is 3.11. The highest BCUT2D eigenvalue weighted by atomic mass is 32.2. The second-order valence-electron chi connectivity index (χ2n) is 5.42. The van der Waals surface area contributed by atoms with Crippen molar-refractivity contribution in [2.75, 3.05) is 5.32 Å². The van der Waals surface area contributed by atoms with E-state index in [1.807, 2.05) is 30.3 Å². The van der Waals surface area contributed by atoms with Crippen LogP contribution in [-0.2, 0) is 10.0 Å². The second-order valence-corrected chi connectivity index (χ2v) is 6.95. The van der Waals surface area contributed by atoms with Crippen molar-refractivity contribution < 1.29 is 17.7 Å². The summed E-state index contributed by atoms with van der Waals surface area (Å²) in [5.74, 6) is -0.532. The Bertz CT molecular complexity index is 1030. The first-order valence-electron chi connectivity index (χ1n) is 7.31. The number of rotatable bonds is 4. The summed E-state index contributed by atoms with van der Waals surface area (Å²) in [6.07, 6.45) is 0. The maximum atomic E-state index is 12.3. The Kier molecular flexibility index (Phi) is 4.39. The zero-order chi connectivity index (χ0) is 18.0. The summed E-state index contributed by atoms with van der Waals surface area (Å²) >= 11 is 0. The van der Waals surface area contributed by atoms with Gasteiger partial charge < -0.3 is 9.84 Å². The summed E-state index contributed by atoms with van der Waals surface area (Å²) in [5.41, 5.74) is 2.13. The molecule has 0 aliphatic rings. The molecule has 128 valence electrons. The summed E-state index contributed by atoms with van der Waals surface area (Å²) in [6.45, 7) is 1.62. The van der Waals surface area contributed by atoms with Gasteiger partial charge >= 0.3 is 0 Å². The first-order chi connectivity index (χ1) is 11.8. The van der Waals surface area contributed by atoms with Crippen LogP contribution in [0.1, 0.15) is 16.1 Å². The third kappa shape index (κ3) is 3.76. The second kappa shape index (κ2) is 6.50. The normalized spacial score (nSPS) is 11.3. The maximum absolute atomic E-state index is 12.3. The Labute approximate surface area is 144 Å². The molecule has 0 aliphatic heterocycles. The fraction of sp³-hybridized carbons (Fsp3) is 0.0588. The zero-order valence-electron chi connectivity index (χ0n) is 13.3. The van der Waals surface area contributed by atoms with E-state index in [-0.39, 0.29) is 16.3 Å². The molecule has 1 amide bonds. The average molecular weight is 357 g/mol. The predicted octanol–water partition coefficient (Wildman–Crippen LogP) is 2.55. The van der Waals surface area contributed by atoms with Gasteiger partial charge in [0.05, 0.1) is 4.90 Å². The van der Waals surface area contributed by atoms with Gasteiger partial charge in [0.15, 0.2) is 0 Å². The van der Waals surface area contributed by atoms with Crippen molar-refractivity contribution in [3.63, 3.8) is 0 Å². The number of primary sulfonamides is 1. The number of aryl methyl sites for hydroxylation is 1. The van der Waals surface area contributed by atoms with E-state index in [2.05, 4.69) is 10.5 Å². The lowest BCUT2D eigenvalue weighted by molar-refractivity contribution is 0.0988. The van der Waals surface area contributed by atoms with Crippen LogP contribution in [0.4, 0.5) is 5.69 Å². The number of carbonyl (C=O) groups excluding carboxylic acids is 1. The Morgan fingerprint density at radius 3 is 2.52 bits per heavy atom. The monoisotopic (exact) mass is 357 g/mol. The minimum absolute atomic E-state index is 0.0107. The molecule has 3 N–H and O–H groups in total. The lowest BCUT2D eigenvalue weighted by atomic mass is 10.1. The number of carbonyl (C=O) groups is 1. The van der Waals surface area contributed by atoms with E-state index in [4.69, 9.17) is 9.66 Å². The average Bonchev–Trinajstić information content (AvgIpc) is 3.06. The molecule has 0 radical (unpaired) electrons. The summed E-state index contributed by atoms with van der Waals surface area (Å²) in [7, 11) is -3.88. The third-order valence-electron chi connectivity index (χ3n) is 3.56. The molecule has 3 aromatic rings. The Morgan fingerprint density at radius 1 is 1.12 bits per heavy atom. The van der Waals surface area contributed by atoms with Crippen LogP contribution in [0.5, 0.6) is 0 Å². The molecule has 7 nitrogen and oxygen atoms in total. The van der Waals surface area contributed by atoms with Crippen LogP contribution in [0.3, 0.4) is 0 Å². The quantitative estimate of drug-likeness (QED) is 0.744. The van der Waals surface area contributed by atoms with Crippen LogP contribution in [0.2, 0.25) is 0 Å². The Morgan fingerprint density at radius 2 is 1.84 bits per heavy atom. The van der Waals surface area contributed by atoms with Crippen molar-refractivity contribution in [3.8, 4) is 11.3 Å². The van der Waals surface area contributed by atoms with E-state index in [0.717, 1.165) is 5.56 Å². The molecule has 0 atom stereocenters. The van der Waals surface area contributed by atoms with Gasteiger partial charge in [-0.05, 0) is 24.6 Å². The van der Waals surface area contributed by atoms with Gasteiger partial charge in [0, 0.05) is 17.3 Å². The van der Waals surface area contributed by atoms with Crippen LogP contribution in [0, 0.1) is 6.92 Å². The van der Waals surface area contributed by atoms with Crippen LogP contribution in [0.25, 0.3) is 11.3 Å². The number of nitrogens with zero attached hydrogens (tertiary/aromatic N) is 1. The summed E-state index contributed by atoms with van der Waals surface area (Å²) in [6, 6.07) is 15.2. The summed E-state index contributed by atoms with van der Waals surface area (Å²) in [4.78, 5) is 12.2. The van der Waals surface area contributed by atoms with Crippen LogP contribution < -0.4 is 10.5 Å². The molecule has 0 bridgehead atoms. The molecule has 2 aromatic carbocycles. The summed E-state index contributed by atoms with van der Waals surface area (Å²) in [5, 5.41) is 11.6. The molecule has 1 heterocycles. The van der Waals surface area contributed by atoms with Gasteiger partial charge in [-0.15, -0.1) is 0 Å².